The molecular weight excluding hydrogens is 392 g/mol. The molecule has 0 saturated heterocycles. The molecule has 1 aliphatic rings. The average Bonchev–Trinajstić information content (AvgIpc) is 2.92. The maximum atomic E-state index is 12.9. The van der Waals surface area contributed by atoms with Crippen molar-refractivity contribution in [2.24, 2.45) is 0 Å². The molecule has 6 heteroatoms. The Morgan fingerprint density at radius 1 is 0.935 bits per heavy atom. The fourth-order valence-corrected chi connectivity index (χ4v) is 3.68. The molecule has 31 heavy (non-hydrogen) atoms. The molecule has 0 radical (unpaired) electrons. The number of fused-ring (bicyclic) bond motifs is 1. The van der Waals surface area contributed by atoms with E-state index in [4.69, 9.17) is 4.74 Å². The van der Waals surface area contributed by atoms with Crippen LogP contribution < -0.4 is 10.2 Å². The zero-order valence-corrected chi connectivity index (χ0v) is 17.1. The summed E-state index contributed by atoms with van der Waals surface area (Å²) in [6.07, 6.45) is 0.162. The summed E-state index contributed by atoms with van der Waals surface area (Å²) >= 11 is 0. The topological polar surface area (TPSA) is 75.7 Å². The van der Waals surface area contributed by atoms with Crippen molar-refractivity contribution in [2.75, 3.05) is 16.8 Å². The number of nitrogens with one attached hydrogen (secondary N) is 1. The Kier molecular flexibility index (Phi) is 5.80. The van der Waals surface area contributed by atoms with Crippen LogP contribution in [-0.2, 0) is 14.3 Å². The van der Waals surface area contributed by atoms with Crippen LogP contribution in [0.1, 0.15) is 23.7 Å². The van der Waals surface area contributed by atoms with E-state index >= 15 is 0 Å². The van der Waals surface area contributed by atoms with Crippen LogP contribution in [0.25, 0.3) is 11.1 Å². The lowest BCUT2D eigenvalue weighted by Gasteiger charge is -2.27. The minimum absolute atomic E-state index is 0.161. The molecule has 1 atom stereocenters. The monoisotopic (exact) mass is 414 g/mol. The number of hydrogen-bond donors (Lipinski definition) is 1. The van der Waals surface area contributed by atoms with Gasteiger partial charge in [0.05, 0.1) is 16.9 Å². The van der Waals surface area contributed by atoms with Crippen LogP contribution in [0.5, 0.6) is 0 Å². The van der Waals surface area contributed by atoms with Crippen LogP contribution in [0, 0.1) is 0 Å². The van der Waals surface area contributed by atoms with Gasteiger partial charge in [0.15, 0.2) is 6.61 Å². The van der Waals surface area contributed by atoms with Crippen LogP contribution in [0.3, 0.4) is 0 Å². The summed E-state index contributed by atoms with van der Waals surface area (Å²) in [6, 6.07) is 23.6. The third-order valence-corrected chi connectivity index (χ3v) is 5.18. The van der Waals surface area contributed by atoms with Crippen LogP contribution in [-0.4, -0.2) is 30.4 Å². The Morgan fingerprint density at radius 2 is 1.58 bits per heavy atom. The second-order valence-corrected chi connectivity index (χ2v) is 7.40. The molecule has 4 rings (SSSR count). The average molecular weight is 414 g/mol. The van der Waals surface area contributed by atoms with Crippen LogP contribution >= 0.6 is 0 Å². The number of ether oxygens (including phenoxy) is 1. The van der Waals surface area contributed by atoms with Gasteiger partial charge in [-0.1, -0.05) is 54.6 Å². The van der Waals surface area contributed by atoms with Gasteiger partial charge < -0.3 is 15.0 Å². The van der Waals surface area contributed by atoms with E-state index in [0.717, 1.165) is 11.1 Å². The van der Waals surface area contributed by atoms with Crippen molar-refractivity contribution in [1.29, 1.82) is 0 Å². The number of benzene rings is 3. The fourth-order valence-electron chi connectivity index (χ4n) is 3.68. The first-order chi connectivity index (χ1) is 15.0. The fraction of sp³-hybridized carbons (Fsp3) is 0.160. The normalized spacial score (nSPS) is 15.5. The number of para-hydroxylation sites is 2. The van der Waals surface area contributed by atoms with Gasteiger partial charge in [-0.3, -0.25) is 9.59 Å². The number of anilines is 2. The number of hydrogen-bond acceptors (Lipinski definition) is 4. The highest BCUT2D eigenvalue weighted by Crippen LogP contribution is 2.31. The first-order valence-electron chi connectivity index (χ1n) is 10.1. The Labute approximate surface area is 180 Å². The highest BCUT2D eigenvalue weighted by atomic mass is 16.5. The highest BCUT2D eigenvalue weighted by Gasteiger charge is 2.30. The van der Waals surface area contributed by atoms with E-state index in [2.05, 4.69) is 5.32 Å². The van der Waals surface area contributed by atoms with Gasteiger partial charge in [-0.15, -0.1) is 0 Å². The lowest BCUT2D eigenvalue weighted by molar-refractivity contribution is -0.122. The summed E-state index contributed by atoms with van der Waals surface area (Å²) in [5.74, 6) is -1.12. The van der Waals surface area contributed by atoms with E-state index in [1.807, 2.05) is 42.5 Å². The molecule has 0 spiro atoms. The van der Waals surface area contributed by atoms with E-state index in [1.54, 1.807) is 43.3 Å². The summed E-state index contributed by atoms with van der Waals surface area (Å²) in [7, 11) is 0. The van der Waals surface area contributed by atoms with E-state index in [0.29, 0.717) is 16.9 Å². The summed E-state index contributed by atoms with van der Waals surface area (Å²) in [5, 5.41) is 2.81. The van der Waals surface area contributed by atoms with Gasteiger partial charge in [-0.05, 0) is 42.3 Å². The van der Waals surface area contributed by atoms with Gasteiger partial charge in [-0.2, -0.15) is 0 Å². The molecule has 1 N–H and O–H groups in total. The minimum Gasteiger partial charge on any atom is -0.452 e. The standard InChI is InChI=1S/C25H22N2O4/c1-17-15-23(28)26-21-9-5-6-10-22(21)27(17)24(29)16-31-25(30)20-13-11-19(12-14-20)18-7-3-2-4-8-18/h2-14,17H,15-16H2,1H3,(H,26,28)/t17-/m1/s1. The van der Waals surface area contributed by atoms with E-state index in [9.17, 15) is 14.4 Å². The van der Waals surface area contributed by atoms with Crippen LogP contribution in [0.2, 0.25) is 0 Å². The Bertz CT molecular complexity index is 1110. The first kappa shape index (κ1) is 20.3. The van der Waals surface area contributed by atoms with Gasteiger partial charge in [0.1, 0.15) is 0 Å². The second-order valence-electron chi connectivity index (χ2n) is 7.40. The van der Waals surface area contributed by atoms with Crippen molar-refractivity contribution in [2.45, 2.75) is 19.4 Å². The molecule has 156 valence electrons. The molecule has 2 amide bonds. The third kappa shape index (κ3) is 4.48. The quantitative estimate of drug-likeness (QED) is 0.647. The maximum absolute atomic E-state index is 12.9. The van der Waals surface area contributed by atoms with Gasteiger partial charge in [0.25, 0.3) is 5.91 Å². The number of rotatable bonds is 4. The predicted molar refractivity (Wildman–Crippen MR) is 119 cm³/mol. The van der Waals surface area contributed by atoms with Crippen molar-refractivity contribution >= 4 is 29.2 Å². The number of carbonyl (C=O) groups is 3. The van der Waals surface area contributed by atoms with Gasteiger partial charge in [-0.25, -0.2) is 4.79 Å². The summed E-state index contributed by atoms with van der Waals surface area (Å²) < 4.78 is 5.28. The molecule has 0 aliphatic carbocycles. The van der Waals surface area contributed by atoms with Crippen molar-refractivity contribution in [1.82, 2.24) is 0 Å². The second kappa shape index (κ2) is 8.83. The number of amides is 2. The van der Waals surface area contributed by atoms with Crippen molar-refractivity contribution in [3.8, 4) is 11.1 Å². The molecule has 0 saturated carbocycles. The number of esters is 1. The Morgan fingerprint density at radius 3 is 2.32 bits per heavy atom. The zero-order chi connectivity index (χ0) is 21.8. The Hall–Kier alpha value is -3.93. The SMILES string of the molecule is C[C@@H]1CC(=O)Nc2ccccc2N1C(=O)COC(=O)c1ccc(-c2ccccc2)cc1. The maximum Gasteiger partial charge on any atom is 0.338 e. The lowest BCUT2D eigenvalue weighted by Crippen LogP contribution is -2.41. The van der Waals surface area contributed by atoms with Gasteiger partial charge in [0, 0.05) is 12.5 Å². The largest absolute Gasteiger partial charge is 0.452 e. The summed E-state index contributed by atoms with van der Waals surface area (Å²) in [5.41, 5.74) is 3.56. The van der Waals surface area contributed by atoms with Crippen LogP contribution in [0.15, 0.2) is 78.9 Å². The van der Waals surface area contributed by atoms with E-state index in [-0.39, 0.29) is 24.3 Å². The molecular formula is C25H22N2O4. The lowest BCUT2D eigenvalue weighted by atomic mass is 10.0. The highest BCUT2D eigenvalue weighted by molar-refractivity contribution is 6.05. The van der Waals surface area contributed by atoms with Gasteiger partial charge >= 0.3 is 5.97 Å². The molecule has 0 bridgehead atoms. The summed E-state index contributed by atoms with van der Waals surface area (Å²) in [6.45, 7) is 1.38. The van der Waals surface area contributed by atoms with Crippen molar-refractivity contribution in [3.05, 3.63) is 84.4 Å². The molecule has 0 aromatic heterocycles. The molecule has 3 aromatic carbocycles. The summed E-state index contributed by atoms with van der Waals surface area (Å²) in [4.78, 5) is 39.0. The molecule has 1 aliphatic heterocycles. The first-order valence-corrected chi connectivity index (χ1v) is 10.1. The third-order valence-electron chi connectivity index (χ3n) is 5.18. The molecule has 6 nitrogen and oxygen atoms in total. The smallest absolute Gasteiger partial charge is 0.338 e. The number of carbonyl (C=O) groups excluding carboxylic acids is 3. The molecule has 3 aromatic rings. The van der Waals surface area contributed by atoms with Crippen LogP contribution in [0.4, 0.5) is 11.4 Å². The minimum atomic E-state index is -0.571. The van der Waals surface area contributed by atoms with Crippen molar-refractivity contribution in [3.63, 3.8) is 0 Å². The van der Waals surface area contributed by atoms with E-state index < -0.39 is 12.6 Å². The molecule has 1 heterocycles. The van der Waals surface area contributed by atoms with E-state index in [1.165, 1.54) is 4.90 Å². The number of nitrogens with zero attached hydrogens (tertiary/aromatic N) is 1. The molecule has 0 fully saturated rings. The molecule has 0 unspecified atom stereocenters. The predicted octanol–water partition coefficient (Wildman–Crippen LogP) is 4.27. The Balaban J connectivity index is 1.45. The van der Waals surface area contributed by atoms with Crippen molar-refractivity contribution < 1.29 is 19.1 Å². The zero-order valence-electron chi connectivity index (χ0n) is 17.1. The van der Waals surface area contributed by atoms with Gasteiger partial charge in [0.2, 0.25) is 5.91 Å².